The summed E-state index contributed by atoms with van der Waals surface area (Å²) in [6.45, 7) is 2.74. The summed E-state index contributed by atoms with van der Waals surface area (Å²) in [5, 5.41) is 0. The van der Waals surface area contributed by atoms with Crippen LogP contribution in [0.3, 0.4) is 0 Å². The van der Waals surface area contributed by atoms with Crippen molar-refractivity contribution in [3.05, 3.63) is 23.8 Å². The number of fused-ring (bicyclic) bond motifs is 4. The van der Waals surface area contributed by atoms with Crippen molar-refractivity contribution in [2.45, 2.75) is 25.0 Å². The molecule has 2 bridgehead atoms. The molecule has 0 unspecified atom stereocenters. The Bertz CT molecular complexity index is 402. The number of methoxy groups -OCH3 is 1. The maximum atomic E-state index is 5.89. The third-order valence-corrected chi connectivity index (χ3v) is 3.19. The molecule has 15 heavy (non-hydrogen) atoms. The molecule has 3 nitrogen and oxygen atoms in total. The molecule has 1 fully saturated rings. The fraction of sp³-hybridized carbons (Fsp3) is 0.500. The highest BCUT2D eigenvalue weighted by Crippen LogP contribution is 2.49. The van der Waals surface area contributed by atoms with E-state index in [2.05, 4.69) is 6.07 Å². The van der Waals surface area contributed by atoms with Gasteiger partial charge < -0.3 is 14.2 Å². The Hall–Kier alpha value is -1.22. The quantitative estimate of drug-likeness (QED) is 0.705. The van der Waals surface area contributed by atoms with Gasteiger partial charge in [0.25, 0.3) is 0 Å². The number of hydrogen-bond acceptors (Lipinski definition) is 3. The van der Waals surface area contributed by atoms with E-state index >= 15 is 0 Å². The second-order valence-corrected chi connectivity index (χ2v) is 4.33. The molecule has 0 N–H and O–H groups in total. The van der Waals surface area contributed by atoms with Gasteiger partial charge in [-0.1, -0.05) is 12.1 Å². The third kappa shape index (κ3) is 1.23. The van der Waals surface area contributed by atoms with Gasteiger partial charge in [0.15, 0.2) is 11.5 Å². The Morgan fingerprint density at radius 2 is 2.33 bits per heavy atom. The zero-order valence-corrected chi connectivity index (χ0v) is 8.95. The van der Waals surface area contributed by atoms with Crippen molar-refractivity contribution in [2.24, 2.45) is 0 Å². The van der Waals surface area contributed by atoms with Crippen molar-refractivity contribution in [1.82, 2.24) is 0 Å². The van der Waals surface area contributed by atoms with Gasteiger partial charge in [-0.3, -0.25) is 0 Å². The molecule has 0 amide bonds. The van der Waals surface area contributed by atoms with Crippen molar-refractivity contribution in [3.8, 4) is 11.5 Å². The fourth-order valence-electron chi connectivity index (χ4n) is 2.45. The van der Waals surface area contributed by atoms with Crippen molar-refractivity contribution >= 4 is 0 Å². The maximum Gasteiger partial charge on any atom is 0.208 e. The van der Waals surface area contributed by atoms with E-state index in [0.29, 0.717) is 5.92 Å². The molecule has 3 rings (SSSR count). The Kier molecular flexibility index (Phi) is 1.74. The second kappa shape index (κ2) is 2.89. The molecule has 2 atom stereocenters. The SMILES string of the molecule is COc1cccc2c1O[C@]1(C)C[C@H]2CO1. The Morgan fingerprint density at radius 3 is 3.13 bits per heavy atom. The minimum Gasteiger partial charge on any atom is -0.493 e. The lowest BCUT2D eigenvalue weighted by Crippen LogP contribution is -2.33. The van der Waals surface area contributed by atoms with Crippen LogP contribution in [0.2, 0.25) is 0 Å². The summed E-state index contributed by atoms with van der Waals surface area (Å²) in [5.41, 5.74) is 1.21. The smallest absolute Gasteiger partial charge is 0.208 e. The molecule has 2 aliphatic rings. The highest BCUT2D eigenvalue weighted by Gasteiger charge is 2.45. The number of benzene rings is 1. The summed E-state index contributed by atoms with van der Waals surface area (Å²) in [4.78, 5) is 0. The summed E-state index contributed by atoms with van der Waals surface area (Å²) >= 11 is 0. The average molecular weight is 206 g/mol. The van der Waals surface area contributed by atoms with E-state index in [-0.39, 0.29) is 0 Å². The topological polar surface area (TPSA) is 27.7 Å². The molecule has 1 aromatic carbocycles. The van der Waals surface area contributed by atoms with Crippen molar-refractivity contribution in [1.29, 1.82) is 0 Å². The van der Waals surface area contributed by atoms with Gasteiger partial charge in [0, 0.05) is 24.8 Å². The van der Waals surface area contributed by atoms with E-state index in [0.717, 1.165) is 24.5 Å². The van der Waals surface area contributed by atoms with E-state index in [4.69, 9.17) is 14.2 Å². The molecule has 0 spiro atoms. The number of para-hydroxylation sites is 1. The lowest BCUT2D eigenvalue weighted by Gasteiger charge is -2.31. The van der Waals surface area contributed by atoms with Crippen LogP contribution >= 0.6 is 0 Å². The van der Waals surface area contributed by atoms with E-state index in [1.165, 1.54) is 5.56 Å². The molecular formula is C12H14O3. The molecule has 0 aliphatic carbocycles. The molecule has 2 aliphatic heterocycles. The standard InChI is InChI=1S/C12H14O3/c1-12-6-8(7-14-12)9-4-3-5-10(13-2)11(9)15-12/h3-5,8H,6-7H2,1-2H3/t8-,12+/m0/s1. The zero-order valence-electron chi connectivity index (χ0n) is 8.95. The van der Waals surface area contributed by atoms with Gasteiger partial charge in [-0.2, -0.15) is 0 Å². The van der Waals surface area contributed by atoms with E-state index < -0.39 is 5.79 Å². The zero-order chi connectivity index (χ0) is 10.5. The molecule has 80 valence electrons. The molecule has 1 aromatic rings. The van der Waals surface area contributed by atoms with Crippen LogP contribution in [0.1, 0.15) is 24.8 Å². The molecule has 0 radical (unpaired) electrons. The highest BCUT2D eigenvalue weighted by molar-refractivity contribution is 5.50. The van der Waals surface area contributed by atoms with Gasteiger partial charge >= 0.3 is 0 Å². The van der Waals surface area contributed by atoms with Crippen molar-refractivity contribution < 1.29 is 14.2 Å². The van der Waals surface area contributed by atoms with Crippen LogP contribution in [0.15, 0.2) is 18.2 Å². The van der Waals surface area contributed by atoms with Crippen LogP contribution in [0, 0.1) is 0 Å². The lowest BCUT2D eigenvalue weighted by molar-refractivity contribution is -0.135. The monoisotopic (exact) mass is 206 g/mol. The molecule has 0 aromatic heterocycles. The van der Waals surface area contributed by atoms with E-state index in [1.807, 2.05) is 19.1 Å². The van der Waals surface area contributed by atoms with Crippen LogP contribution < -0.4 is 9.47 Å². The van der Waals surface area contributed by atoms with E-state index in [9.17, 15) is 0 Å². The summed E-state index contributed by atoms with van der Waals surface area (Å²) in [6, 6.07) is 6.02. The van der Waals surface area contributed by atoms with Crippen LogP contribution in [0.5, 0.6) is 11.5 Å². The van der Waals surface area contributed by atoms with Gasteiger partial charge in [0.1, 0.15) is 0 Å². The summed E-state index contributed by atoms with van der Waals surface area (Å²) in [7, 11) is 1.67. The summed E-state index contributed by atoms with van der Waals surface area (Å²) in [5.74, 6) is 1.66. The summed E-state index contributed by atoms with van der Waals surface area (Å²) in [6.07, 6.45) is 0.938. The third-order valence-electron chi connectivity index (χ3n) is 3.19. The molecule has 1 saturated heterocycles. The van der Waals surface area contributed by atoms with Crippen molar-refractivity contribution in [2.75, 3.05) is 13.7 Å². The lowest BCUT2D eigenvalue weighted by atomic mass is 9.92. The molecule has 0 saturated carbocycles. The Morgan fingerprint density at radius 1 is 1.47 bits per heavy atom. The Labute approximate surface area is 89.0 Å². The first-order valence-electron chi connectivity index (χ1n) is 5.22. The fourth-order valence-corrected chi connectivity index (χ4v) is 2.45. The van der Waals surface area contributed by atoms with Gasteiger partial charge in [0.2, 0.25) is 5.79 Å². The van der Waals surface area contributed by atoms with Gasteiger partial charge in [-0.25, -0.2) is 0 Å². The van der Waals surface area contributed by atoms with Crippen LogP contribution in [-0.2, 0) is 4.74 Å². The van der Waals surface area contributed by atoms with E-state index in [1.54, 1.807) is 7.11 Å². The van der Waals surface area contributed by atoms with Crippen LogP contribution in [0.25, 0.3) is 0 Å². The minimum atomic E-state index is -0.452. The average Bonchev–Trinajstić information content (AvgIpc) is 2.55. The molecule has 2 heterocycles. The highest BCUT2D eigenvalue weighted by atomic mass is 16.7. The largest absolute Gasteiger partial charge is 0.493 e. The second-order valence-electron chi connectivity index (χ2n) is 4.33. The maximum absolute atomic E-state index is 5.89. The number of rotatable bonds is 1. The normalized spacial score (nSPS) is 32.0. The van der Waals surface area contributed by atoms with Gasteiger partial charge in [-0.05, 0) is 6.07 Å². The van der Waals surface area contributed by atoms with Crippen LogP contribution in [-0.4, -0.2) is 19.5 Å². The van der Waals surface area contributed by atoms with Gasteiger partial charge in [0.05, 0.1) is 13.7 Å². The van der Waals surface area contributed by atoms with Crippen molar-refractivity contribution in [3.63, 3.8) is 0 Å². The minimum absolute atomic E-state index is 0.452. The summed E-state index contributed by atoms with van der Waals surface area (Å²) < 4.78 is 16.9. The molecular weight excluding hydrogens is 192 g/mol. The predicted octanol–water partition coefficient (Wildman–Crippen LogP) is 2.31. The first-order chi connectivity index (χ1) is 7.22. The number of hydrogen-bond donors (Lipinski definition) is 0. The van der Waals surface area contributed by atoms with Crippen LogP contribution in [0.4, 0.5) is 0 Å². The van der Waals surface area contributed by atoms with Gasteiger partial charge in [-0.15, -0.1) is 0 Å². The number of ether oxygens (including phenoxy) is 3. The first-order valence-corrected chi connectivity index (χ1v) is 5.22. The first kappa shape index (κ1) is 9.04. The molecule has 3 heteroatoms. The Balaban J connectivity index is 2.14. The predicted molar refractivity (Wildman–Crippen MR) is 55.3 cm³/mol.